The standard InChI is InChI=1S/C15H23FN2/c1-3-10-18(15-8-9-17-11-15)12(2)13-4-6-14(16)7-5-13/h4-7,12,15,17H,3,8-11H2,1-2H3. The van der Waals surface area contributed by atoms with Gasteiger partial charge in [-0.15, -0.1) is 0 Å². The van der Waals surface area contributed by atoms with E-state index in [0.29, 0.717) is 12.1 Å². The van der Waals surface area contributed by atoms with Gasteiger partial charge in [0, 0.05) is 18.6 Å². The number of halogens is 1. The van der Waals surface area contributed by atoms with Crippen LogP contribution in [0, 0.1) is 5.82 Å². The number of benzene rings is 1. The van der Waals surface area contributed by atoms with Crippen molar-refractivity contribution < 1.29 is 4.39 Å². The van der Waals surface area contributed by atoms with Gasteiger partial charge in [-0.05, 0) is 50.6 Å². The van der Waals surface area contributed by atoms with E-state index in [2.05, 4.69) is 24.1 Å². The summed E-state index contributed by atoms with van der Waals surface area (Å²) in [5.74, 6) is -0.157. The molecule has 0 aromatic heterocycles. The van der Waals surface area contributed by atoms with E-state index < -0.39 is 0 Å². The van der Waals surface area contributed by atoms with Crippen LogP contribution in [0.2, 0.25) is 0 Å². The molecule has 100 valence electrons. The number of nitrogens with one attached hydrogen (secondary N) is 1. The zero-order chi connectivity index (χ0) is 13.0. The Bertz CT molecular complexity index is 357. The highest BCUT2D eigenvalue weighted by Gasteiger charge is 2.26. The predicted octanol–water partition coefficient (Wildman–Crippen LogP) is 2.96. The van der Waals surface area contributed by atoms with Crippen molar-refractivity contribution in [1.82, 2.24) is 10.2 Å². The summed E-state index contributed by atoms with van der Waals surface area (Å²) in [6.45, 7) is 7.73. The number of rotatable bonds is 5. The van der Waals surface area contributed by atoms with Crippen molar-refractivity contribution in [2.45, 2.75) is 38.8 Å². The van der Waals surface area contributed by atoms with E-state index in [1.807, 2.05) is 12.1 Å². The van der Waals surface area contributed by atoms with Crippen molar-refractivity contribution in [3.05, 3.63) is 35.6 Å². The first-order valence-electron chi connectivity index (χ1n) is 6.94. The minimum Gasteiger partial charge on any atom is -0.315 e. The van der Waals surface area contributed by atoms with E-state index in [0.717, 1.165) is 26.1 Å². The maximum absolute atomic E-state index is 13.0. The van der Waals surface area contributed by atoms with Gasteiger partial charge in [-0.25, -0.2) is 4.39 Å². The van der Waals surface area contributed by atoms with Crippen LogP contribution in [0.5, 0.6) is 0 Å². The molecule has 1 saturated heterocycles. The molecule has 1 N–H and O–H groups in total. The fraction of sp³-hybridized carbons (Fsp3) is 0.600. The molecular weight excluding hydrogens is 227 g/mol. The summed E-state index contributed by atoms with van der Waals surface area (Å²) in [6.07, 6.45) is 2.37. The zero-order valence-corrected chi connectivity index (χ0v) is 11.3. The lowest BCUT2D eigenvalue weighted by atomic mass is 10.0. The Kier molecular flexibility index (Phi) is 4.72. The summed E-state index contributed by atoms with van der Waals surface area (Å²) in [5.41, 5.74) is 1.21. The van der Waals surface area contributed by atoms with Gasteiger partial charge in [-0.1, -0.05) is 19.1 Å². The van der Waals surface area contributed by atoms with Gasteiger partial charge in [0.15, 0.2) is 0 Å². The Hall–Kier alpha value is -0.930. The van der Waals surface area contributed by atoms with Gasteiger partial charge >= 0.3 is 0 Å². The lowest BCUT2D eigenvalue weighted by Gasteiger charge is -2.34. The van der Waals surface area contributed by atoms with Crippen LogP contribution >= 0.6 is 0 Å². The molecule has 0 saturated carbocycles. The van der Waals surface area contributed by atoms with Crippen LogP contribution in [0.15, 0.2) is 24.3 Å². The predicted molar refractivity (Wildman–Crippen MR) is 73.1 cm³/mol. The van der Waals surface area contributed by atoms with Gasteiger partial charge in [0.25, 0.3) is 0 Å². The molecule has 1 aromatic rings. The summed E-state index contributed by atoms with van der Waals surface area (Å²) >= 11 is 0. The van der Waals surface area contributed by atoms with Crippen molar-refractivity contribution in [1.29, 1.82) is 0 Å². The van der Waals surface area contributed by atoms with E-state index in [9.17, 15) is 4.39 Å². The van der Waals surface area contributed by atoms with Crippen LogP contribution < -0.4 is 5.32 Å². The highest BCUT2D eigenvalue weighted by atomic mass is 19.1. The average molecular weight is 250 g/mol. The molecule has 0 radical (unpaired) electrons. The molecule has 1 fully saturated rings. The van der Waals surface area contributed by atoms with Gasteiger partial charge < -0.3 is 5.32 Å². The molecule has 0 aliphatic carbocycles. The van der Waals surface area contributed by atoms with Gasteiger partial charge in [0.2, 0.25) is 0 Å². The summed E-state index contributed by atoms with van der Waals surface area (Å²) in [5, 5.41) is 3.42. The van der Waals surface area contributed by atoms with Crippen molar-refractivity contribution in [2.75, 3.05) is 19.6 Å². The molecule has 3 heteroatoms. The van der Waals surface area contributed by atoms with Gasteiger partial charge in [0.1, 0.15) is 5.82 Å². The first kappa shape index (κ1) is 13.5. The second kappa shape index (κ2) is 6.30. The quantitative estimate of drug-likeness (QED) is 0.864. The minimum absolute atomic E-state index is 0.157. The summed E-state index contributed by atoms with van der Waals surface area (Å²) in [7, 11) is 0. The molecule has 0 bridgehead atoms. The molecule has 1 aromatic carbocycles. The van der Waals surface area contributed by atoms with E-state index in [-0.39, 0.29) is 5.82 Å². The van der Waals surface area contributed by atoms with E-state index >= 15 is 0 Å². The summed E-state index contributed by atoms with van der Waals surface area (Å²) < 4.78 is 13.0. The average Bonchev–Trinajstić information content (AvgIpc) is 2.90. The van der Waals surface area contributed by atoms with E-state index in [1.54, 1.807) is 12.1 Å². The Morgan fingerprint density at radius 3 is 2.67 bits per heavy atom. The van der Waals surface area contributed by atoms with Crippen LogP contribution in [0.25, 0.3) is 0 Å². The molecule has 0 spiro atoms. The lowest BCUT2D eigenvalue weighted by molar-refractivity contribution is 0.153. The molecular formula is C15H23FN2. The first-order valence-corrected chi connectivity index (χ1v) is 6.94. The normalized spacial score (nSPS) is 21.4. The topological polar surface area (TPSA) is 15.3 Å². The molecule has 2 rings (SSSR count). The van der Waals surface area contributed by atoms with Crippen LogP contribution in [0.4, 0.5) is 4.39 Å². The second-order valence-corrected chi connectivity index (χ2v) is 5.11. The van der Waals surface area contributed by atoms with Crippen molar-refractivity contribution >= 4 is 0 Å². The smallest absolute Gasteiger partial charge is 0.123 e. The minimum atomic E-state index is -0.157. The van der Waals surface area contributed by atoms with Crippen LogP contribution in [0.3, 0.4) is 0 Å². The van der Waals surface area contributed by atoms with Crippen molar-refractivity contribution in [3.8, 4) is 0 Å². The molecule has 1 heterocycles. The van der Waals surface area contributed by atoms with Gasteiger partial charge in [-0.3, -0.25) is 4.90 Å². The summed E-state index contributed by atoms with van der Waals surface area (Å²) in [6, 6.07) is 7.90. The maximum atomic E-state index is 13.0. The van der Waals surface area contributed by atoms with Crippen LogP contribution in [0.1, 0.15) is 38.3 Å². The fourth-order valence-corrected chi connectivity index (χ4v) is 2.81. The zero-order valence-electron chi connectivity index (χ0n) is 11.3. The number of hydrogen-bond acceptors (Lipinski definition) is 2. The van der Waals surface area contributed by atoms with E-state index in [1.165, 1.54) is 12.0 Å². The Labute approximate surface area is 109 Å². The molecule has 2 atom stereocenters. The third-order valence-electron chi connectivity index (χ3n) is 3.84. The van der Waals surface area contributed by atoms with E-state index in [4.69, 9.17) is 0 Å². The van der Waals surface area contributed by atoms with Crippen molar-refractivity contribution in [2.24, 2.45) is 0 Å². The molecule has 18 heavy (non-hydrogen) atoms. The second-order valence-electron chi connectivity index (χ2n) is 5.11. The van der Waals surface area contributed by atoms with Gasteiger partial charge in [0.05, 0.1) is 0 Å². The Morgan fingerprint density at radius 1 is 1.39 bits per heavy atom. The third-order valence-corrected chi connectivity index (χ3v) is 3.84. The third kappa shape index (κ3) is 3.09. The molecule has 0 amide bonds. The van der Waals surface area contributed by atoms with Crippen molar-refractivity contribution in [3.63, 3.8) is 0 Å². The molecule has 1 aliphatic heterocycles. The Morgan fingerprint density at radius 2 is 2.11 bits per heavy atom. The molecule has 2 unspecified atom stereocenters. The molecule has 2 nitrogen and oxygen atoms in total. The maximum Gasteiger partial charge on any atom is 0.123 e. The largest absolute Gasteiger partial charge is 0.315 e. The number of nitrogens with zero attached hydrogens (tertiary/aromatic N) is 1. The fourth-order valence-electron chi connectivity index (χ4n) is 2.81. The highest BCUT2D eigenvalue weighted by Crippen LogP contribution is 2.25. The lowest BCUT2D eigenvalue weighted by Crippen LogP contribution is -2.39. The monoisotopic (exact) mass is 250 g/mol. The molecule has 1 aliphatic rings. The first-order chi connectivity index (χ1) is 8.72. The van der Waals surface area contributed by atoms with Gasteiger partial charge in [-0.2, -0.15) is 0 Å². The number of hydrogen-bond donors (Lipinski definition) is 1. The Balaban J connectivity index is 2.11. The SMILES string of the molecule is CCCN(C1CCNC1)C(C)c1ccc(F)cc1. The van der Waals surface area contributed by atoms with Crippen LogP contribution in [-0.2, 0) is 0 Å². The summed E-state index contributed by atoms with van der Waals surface area (Å²) in [4.78, 5) is 2.55. The highest BCUT2D eigenvalue weighted by molar-refractivity contribution is 5.19. The van der Waals surface area contributed by atoms with Crippen LogP contribution in [-0.4, -0.2) is 30.6 Å².